The highest BCUT2D eigenvalue weighted by atomic mass is 79.9. The topological polar surface area (TPSA) is 57.4 Å². The van der Waals surface area contributed by atoms with Crippen molar-refractivity contribution >= 4 is 37.5 Å². The maximum absolute atomic E-state index is 5.87. The quantitative estimate of drug-likeness (QED) is 0.852. The zero-order valence-corrected chi connectivity index (χ0v) is 13.6. The first-order valence-electron chi connectivity index (χ1n) is 5.44. The summed E-state index contributed by atoms with van der Waals surface area (Å²) < 4.78 is 12.5. The first-order valence-corrected chi connectivity index (χ1v) is 7.03. The molecule has 0 aliphatic rings. The summed E-state index contributed by atoms with van der Waals surface area (Å²) in [6, 6.07) is 5.42. The number of nitrogen functional groups attached to an aromatic ring is 1. The smallest absolute Gasteiger partial charge is 0.242 e. The molecule has 100 valence electrons. The summed E-state index contributed by atoms with van der Waals surface area (Å²) in [7, 11) is 1.60. The molecular weight excluding hydrogens is 376 g/mol. The van der Waals surface area contributed by atoms with Crippen LogP contribution in [0.1, 0.15) is 5.56 Å². The van der Waals surface area contributed by atoms with Gasteiger partial charge in [0, 0.05) is 6.20 Å². The van der Waals surface area contributed by atoms with Crippen molar-refractivity contribution in [1.82, 2.24) is 4.98 Å². The van der Waals surface area contributed by atoms with Crippen molar-refractivity contribution in [3.05, 3.63) is 38.9 Å². The van der Waals surface area contributed by atoms with Gasteiger partial charge >= 0.3 is 0 Å². The van der Waals surface area contributed by atoms with Gasteiger partial charge in [0.25, 0.3) is 0 Å². The van der Waals surface area contributed by atoms with Crippen LogP contribution in [0.2, 0.25) is 0 Å². The molecular formula is C13H12Br2N2O2. The zero-order chi connectivity index (χ0) is 14.0. The Hall–Kier alpha value is -1.27. The lowest BCUT2D eigenvalue weighted by Gasteiger charge is -2.11. The predicted octanol–water partition coefficient (Wildman–Crippen LogP) is 4.30. The van der Waals surface area contributed by atoms with Gasteiger partial charge in [0.05, 0.1) is 21.7 Å². The number of ether oxygens (including phenoxy) is 2. The van der Waals surface area contributed by atoms with Gasteiger partial charge in [-0.1, -0.05) is 0 Å². The van der Waals surface area contributed by atoms with E-state index >= 15 is 0 Å². The highest BCUT2D eigenvalue weighted by molar-refractivity contribution is 9.11. The first-order chi connectivity index (χ1) is 9.01. The summed E-state index contributed by atoms with van der Waals surface area (Å²) >= 11 is 6.83. The molecule has 0 saturated heterocycles. The molecule has 0 radical (unpaired) electrons. The molecule has 0 aliphatic carbocycles. The Kier molecular flexibility index (Phi) is 4.31. The summed E-state index contributed by atoms with van der Waals surface area (Å²) in [6.45, 7) is 1.92. The van der Waals surface area contributed by atoms with Crippen molar-refractivity contribution in [2.75, 3.05) is 12.8 Å². The minimum absolute atomic E-state index is 0.378. The SMILES string of the molecule is COc1cc(Br)c(Oc2ncc(C)cc2N)cc1Br. The largest absolute Gasteiger partial charge is 0.496 e. The fraction of sp³-hybridized carbons (Fsp3) is 0.154. The third-order valence-corrected chi connectivity index (χ3v) is 3.67. The molecule has 2 N–H and O–H groups in total. The Morgan fingerprint density at radius 2 is 1.74 bits per heavy atom. The Balaban J connectivity index is 2.35. The minimum atomic E-state index is 0.378. The number of nitrogens with zero attached hydrogens (tertiary/aromatic N) is 1. The third kappa shape index (κ3) is 3.19. The Bertz CT molecular complexity index is 618. The fourth-order valence-corrected chi connectivity index (χ4v) is 2.40. The maximum atomic E-state index is 5.87. The van der Waals surface area contributed by atoms with Gasteiger partial charge in [-0.25, -0.2) is 4.98 Å². The number of hydrogen-bond donors (Lipinski definition) is 1. The van der Waals surface area contributed by atoms with Gasteiger partial charge in [0.1, 0.15) is 11.5 Å². The van der Waals surface area contributed by atoms with Gasteiger partial charge in [0.15, 0.2) is 0 Å². The van der Waals surface area contributed by atoms with Gasteiger partial charge in [-0.05, 0) is 62.5 Å². The summed E-state index contributed by atoms with van der Waals surface area (Å²) in [5.74, 6) is 1.70. The van der Waals surface area contributed by atoms with E-state index in [-0.39, 0.29) is 0 Å². The van der Waals surface area contributed by atoms with Crippen molar-refractivity contribution in [2.45, 2.75) is 6.92 Å². The molecule has 1 heterocycles. The van der Waals surface area contributed by atoms with Gasteiger partial charge in [-0.3, -0.25) is 0 Å². The van der Waals surface area contributed by atoms with Gasteiger partial charge in [0.2, 0.25) is 5.88 Å². The lowest BCUT2D eigenvalue weighted by atomic mass is 10.3. The number of anilines is 1. The number of aromatic nitrogens is 1. The fourth-order valence-electron chi connectivity index (χ4n) is 1.51. The normalized spacial score (nSPS) is 10.3. The highest BCUT2D eigenvalue weighted by Gasteiger charge is 2.11. The van der Waals surface area contributed by atoms with Crippen molar-refractivity contribution < 1.29 is 9.47 Å². The molecule has 0 aliphatic heterocycles. The summed E-state index contributed by atoms with van der Waals surface area (Å²) in [4.78, 5) is 4.17. The molecule has 0 amide bonds. The van der Waals surface area contributed by atoms with E-state index in [1.165, 1.54) is 0 Å². The second kappa shape index (κ2) is 5.79. The van der Waals surface area contributed by atoms with E-state index in [1.54, 1.807) is 19.4 Å². The predicted molar refractivity (Wildman–Crippen MR) is 81.9 cm³/mol. The number of benzene rings is 1. The number of methoxy groups -OCH3 is 1. The first kappa shape index (κ1) is 14.1. The molecule has 2 rings (SSSR count). The van der Waals surface area contributed by atoms with Gasteiger partial charge in [-0.15, -0.1) is 0 Å². The van der Waals surface area contributed by atoms with Crippen LogP contribution >= 0.6 is 31.9 Å². The molecule has 4 nitrogen and oxygen atoms in total. The van der Waals surface area contributed by atoms with Crippen molar-refractivity contribution in [3.63, 3.8) is 0 Å². The zero-order valence-electron chi connectivity index (χ0n) is 10.4. The Labute approximate surface area is 128 Å². The number of pyridine rings is 1. The minimum Gasteiger partial charge on any atom is -0.496 e. The second-order valence-corrected chi connectivity index (χ2v) is 5.63. The molecule has 0 saturated carbocycles. The monoisotopic (exact) mass is 386 g/mol. The van der Waals surface area contributed by atoms with E-state index in [4.69, 9.17) is 15.2 Å². The molecule has 0 unspecified atom stereocenters. The van der Waals surface area contributed by atoms with E-state index in [2.05, 4.69) is 36.8 Å². The standard InChI is InChI=1S/C13H12Br2N2O2/c1-7-3-10(16)13(17-6-7)19-12-5-8(14)11(18-2)4-9(12)15/h3-6H,16H2,1-2H3. The van der Waals surface area contributed by atoms with Crippen LogP contribution < -0.4 is 15.2 Å². The van der Waals surface area contributed by atoms with Crippen molar-refractivity contribution in [1.29, 1.82) is 0 Å². The molecule has 19 heavy (non-hydrogen) atoms. The second-order valence-electron chi connectivity index (χ2n) is 3.93. The van der Waals surface area contributed by atoms with Crippen LogP contribution in [-0.2, 0) is 0 Å². The molecule has 0 bridgehead atoms. The molecule has 2 aromatic rings. The van der Waals surface area contributed by atoms with E-state index < -0.39 is 0 Å². The van der Waals surface area contributed by atoms with Crippen LogP contribution in [0.4, 0.5) is 5.69 Å². The van der Waals surface area contributed by atoms with E-state index in [0.717, 1.165) is 14.5 Å². The average molecular weight is 388 g/mol. The number of hydrogen-bond acceptors (Lipinski definition) is 4. The van der Waals surface area contributed by atoms with Crippen molar-refractivity contribution in [2.24, 2.45) is 0 Å². The maximum Gasteiger partial charge on any atom is 0.242 e. The lowest BCUT2D eigenvalue weighted by molar-refractivity contribution is 0.408. The summed E-state index contributed by atoms with van der Waals surface area (Å²) in [5.41, 5.74) is 7.36. The number of halogens is 2. The van der Waals surface area contributed by atoms with E-state index in [0.29, 0.717) is 23.1 Å². The number of nitrogens with two attached hydrogens (primary N) is 1. The highest BCUT2D eigenvalue weighted by Crippen LogP contribution is 2.38. The van der Waals surface area contributed by atoms with Crippen LogP contribution in [0.3, 0.4) is 0 Å². The molecule has 0 fully saturated rings. The number of aryl methyl sites for hydroxylation is 1. The van der Waals surface area contributed by atoms with Crippen LogP contribution in [0.5, 0.6) is 17.4 Å². The molecule has 0 spiro atoms. The van der Waals surface area contributed by atoms with Gasteiger partial charge in [-0.2, -0.15) is 0 Å². The molecule has 6 heteroatoms. The molecule has 1 aromatic heterocycles. The van der Waals surface area contributed by atoms with E-state index in [1.807, 2.05) is 19.1 Å². The Morgan fingerprint density at radius 3 is 2.37 bits per heavy atom. The Morgan fingerprint density at radius 1 is 1.11 bits per heavy atom. The van der Waals surface area contributed by atoms with Crippen LogP contribution in [0.25, 0.3) is 0 Å². The molecule has 0 atom stereocenters. The lowest BCUT2D eigenvalue weighted by Crippen LogP contribution is -1.96. The van der Waals surface area contributed by atoms with Crippen LogP contribution in [-0.4, -0.2) is 12.1 Å². The van der Waals surface area contributed by atoms with E-state index in [9.17, 15) is 0 Å². The molecule has 1 aromatic carbocycles. The van der Waals surface area contributed by atoms with Crippen LogP contribution in [0.15, 0.2) is 33.3 Å². The number of rotatable bonds is 3. The third-order valence-electron chi connectivity index (χ3n) is 2.43. The summed E-state index contributed by atoms with van der Waals surface area (Å²) in [5, 5.41) is 0. The van der Waals surface area contributed by atoms with Crippen LogP contribution in [0, 0.1) is 6.92 Å². The van der Waals surface area contributed by atoms with Gasteiger partial charge < -0.3 is 15.2 Å². The summed E-state index contributed by atoms with van der Waals surface area (Å²) in [6.07, 6.45) is 1.71. The average Bonchev–Trinajstić information content (AvgIpc) is 2.36. The van der Waals surface area contributed by atoms with Crippen molar-refractivity contribution in [3.8, 4) is 17.4 Å².